The van der Waals surface area contributed by atoms with Gasteiger partial charge in [-0.15, -0.1) is 0 Å². The van der Waals surface area contributed by atoms with E-state index >= 15 is 0 Å². The Kier molecular flexibility index (Phi) is 6.15. The van der Waals surface area contributed by atoms with Crippen molar-refractivity contribution in [3.05, 3.63) is 42.1 Å². The Hall–Kier alpha value is -3.10. The first-order chi connectivity index (χ1) is 14.7. The number of rotatable bonds is 6. The van der Waals surface area contributed by atoms with E-state index in [1.54, 1.807) is 14.2 Å². The largest absolute Gasteiger partial charge is 0.468 e. The second kappa shape index (κ2) is 9.15. The first-order valence-electron chi connectivity index (χ1n) is 9.86. The van der Waals surface area contributed by atoms with Crippen molar-refractivity contribution in [2.45, 2.75) is 6.92 Å². The van der Waals surface area contributed by atoms with Gasteiger partial charge in [-0.2, -0.15) is 0 Å². The third kappa shape index (κ3) is 4.24. The van der Waals surface area contributed by atoms with E-state index in [4.69, 9.17) is 24.2 Å². The summed E-state index contributed by atoms with van der Waals surface area (Å²) >= 11 is 0. The van der Waals surface area contributed by atoms with Crippen molar-refractivity contribution in [1.82, 2.24) is 15.0 Å². The number of pyridine rings is 1. The molecule has 0 radical (unpaired) electrons. The van der Waals surface area contributed by atoms with Crippen LogP contribution in [0, 0.1) is 0 Å². The van der Waals surface area contributed by atoms with Crippen LogP contribution in [0.3, 0.4) is 0 Å². The lowest BCUT2D eigenvalue weighted by Gasteiger charge is -2.28. The summed E-state index contributed by atoms with van der Waals surface area (Å²) in [5.41, 5.74) is 4.28. The van der Waals surface area contributed by atoms with Crippen molar-refractivity contribution in [2.75, 3.05) is 52.2 Å². The van der Waals surface area contributed by atoms with E-state index in [-0.39, 0.29) is 6.79 Å². The number of aromatic nitrogens is 3. The predicted molar refractivity (Wildman–Crippen MR) is 116 cm³/mol. The molecule has 2 aromatic heterocycles. The third-order valence-corrected chi connectivity index (χ3v) is 5.02. The van der Waals surface area contributed by atoms with Gasteiger partial charge in [0.2, 0.25) is 0 Å². The summed E-state index contributed by atoms with van der Waals surface area (Å²) in [6.07, 6.45) is 1.83. The number of fused-ring (bicyclic) bond motifs is 1. The molecule has 0 aliphatic carbocycles. The van der Waals surface area contributed by atoms with Gasteiger partial charge in [0.15, 0.2) is 18.4 Å². The Balaban J connectivity index is 1.84. The van der Waals surface area contributed by atoms with E-state index in [1.165, 1.54) is 0 Å². The van der Waals surface area contributed by atoms with Gasteiger partial charge in [-0.05, 0) is 25.1 Å². The number of nitrogens with zero attached hydrogens (tertiary/aromatic N) is 5. The Labute approximate surface area is 175 Å². The molecule has 1 saturated heterocycles. The predicted octanol–water partition coefficient (Wildman–Crippen LogP) is 2.95. The second-order valence-corrected chi connectivity index (χ2v) is 6.95. The van der Waals surface area contributed by atoms with Gasteiger partial charge < -0.3 is 19.1 Å². The zero-order valence-electron chi connectivity index (χ0n) is 17.5. The van der Waals surface area contributed by atoms with Crippen LogP contribution in [0.15, 0.2) is 41.5 Å². The molecule has 3 aromatic rings. The van der Waals surface area contributed by atoms with E-state index < -0.39 is 0 Å². The van der Waals surface area contributed by atoms with E-state index in [1.807, 2.05) is 43.5 Å². The smallest absolute Gasteiger partial charge is 0.188 e. The van der Waals surface area contributed by atoms with Crippen LogP contribution in [0.5, 0.6) is 5.75 Å². The maximum Gasteiger partial charge on any atom is 0.188 e. The van der Waals surface area contributed by atoms with E-state index in [2.05, 4.69) is 14.9 Å². The maximum absolute atomic E-state index is 5.58. The Bertz CT molecular complexity index is 1060. The molecule has 0 bridgehead atoms. The van der Waals surface area contributed by atoms with Crippen molar-refractivity contribution in [1.29, 1.82) is 0 Å². The highest BCUT2D eigenvalue weighted by atomic mass is 16.7. The highest BCUT2D eigenvalue weighted by Crippen LogP contribution is 2.29. The van der Waals surface area contributed by atoms with Crippen LogP contribution in [0.25, 0.3) is 22.4 Å². The minimum absolute atomic E-state index is 0.184. The molecule has 0 atom stereocenters. The van der Waals surface area contributed by atoms with Crippen LogP contribution < -0.4 is 9.64 Å². The molecule has 0 amide bonds. The fourth-order valence-corrected chi connectivity index (χ4v) is 3.31. The quantitative estimate of drug-likeness (QED) is 0.459. The Morgan fingerprint density at radius 3 is 2.80 bits per heavy atom. The molecule has 0 spiro atoms. The van der Waals surface area contributed by atoms with E-state index in [0.717, 1.165) is 46.8 Å². The topological polar surface area (TPSA) is 82.0 Å². The SMILES string of the molecule is C/N=C(\C)c1cnc2c(N3CCOCC3)nc(-c3cccc(OCOC)c3)nc2c1. The molecular formula is C22H25N5O3. The summed E-state index contributed by atoms with van der Waals surface area (Å²) in [7, 11) is 3.37. The van der Waals surface area contributed by atoms with Crippen LogP contribution >= 0.6 is 0 Å². The highest BCUT2D eigenvalue weighted by Gasteiger charge is 2.19. The van der Waals surface area contributed by atoms with Crippen molar-refractivity contribution in [3.8, 4) is 17.1 Å². The monoisotopic (exact) mass is 407 g/mol. The van der Waals surface area contributed by atoms with Crippen molar-refractivity contribution < 1.29 is 14.2 Å². The molecule has 1 aromatic carbocycles. The van der Waals surface area contributed by atoms with Gasteiger partial charge in [-0.3, -0.25) is 4.99 Å². The lowest BCUT2D eigenvalue weighted by atomic mass is 10.1. The lowest BCUT2D eigenvalue weighted by Crippen LogP contribution is -2.37. The number of methoxy groups -OCH3 is 1. The average molecular weight is 407 g/mol. The summed E-state index contributed by atoms with van der Waals surface area (Å²) in [6, 6.07) is 9.71. The molecule has 4 rings (SSSR count). The molecule has 0 N–H and O–H groups in total. The fraction of sp³-hybridized carbons (Fsp3) is 0.364. The van der Waals surface area contributed by atoms with Gasteiger partial charge in [0.05, 0.1) is 18.7 Å². The number of aliphatic imine (C=N–C) groups is 1. The zero-order chi connectivity index (χ0) is 20.9. The summed E-state index contributed by atoms with van der Waals surface area (Å²) in [5.74, 6) is 2.14. The van der Waals surface area contributed by atoms with Crippen LogP contribution in [0.1, 0.15) is 12.5 Å². The number of hydrogen-bond acceptors (Lipinski definition) is 8. The standard InChI is InChI=1S/C22H25N5O3/c1-15(23-2)17-12-19-20(24-13-17)22(27-7-9-29-10-8-27)26-21(25-19)16-5-4-6-18(11-16)30-14-28-3/h4-6,11-13H,7-10,14H2,1-3H3/b23-15+. The van der Waals surface area contributed by atoms with Crippen LogP contribution in [-0.4, -0.2) is 67.9 Å². The van der Waals surface area contributed by atoms with E-state index in [0.29, 0.717) is 24.8 Å². The summed E-state index contributed by atoms with van der Waals surface area (Å²) in [5, 5.41) is 0. The summed E-state index contributed by atoms with van der Waals surface area (Å²) in [6.45, 7) is 5.01. The molecule has 0 saturated carbocycles. The second-order valence-electron chi connectivity index (χ2n) is 6.95. The summed E-state index contributed by atoms with van der Waals surface area (Å²) < 4.78 is 16.1. The lowest BCUT2D eigenvalue weighted by molar-refractivity contribution is 0.0511. The molecule has 8 nitrogen and oxygen atoms in total. The Morgan fingerprint density at radius 2 is 2.03 bits per heavy atom. The molecule has 1 aliphatic heterocycles. The van der Waals surface area contributed by atoms with Gasteiger partial charge in [0.1, 0.15) is 11.3 Å². The average Bonchev–Trinajstić information content (AvgIpc) is 2.81. The van der Waals surface area contributed by atoms with Gasteiger partial charge in [-0.1, -0.05) is 12.1 Å². The Morgan fingerprint density at radius 1 is 1.20 bits per heavy atom. The first-order valence-corrected chi connectivity index (χ1v) is 9.86. The normalized spacial score (nSPS) is 14.9. The number of morpholine rings is 1. The molecule has 1 aliphatic rings. The van der Waals surface area contributed by atoms with Gasteiger partial charge >= 0.3 is 0 Å². The number of ether oxygens (including phenoxy) is 3. The van der Waals surface area contributed by atoms with Crippen molar-refractivity contribution in [2.24, 2.45) is 4.99 Å². The third-order valence-electron chi connectivity index (χ3n) is 5.02. The van der Waals surface area contributed by atoms with Gasteiger partial charge in [0, 0.05) is 50.3 Å². The van der Waals surface area contributed by atoms with E-state index in [9.17, 15) is 0 Å². The molecule has 0 unspecified atom stereocenters. The number of hydrogen-bond donors (Lipinski definition) is 0. The molecule has 3 heterocycles. The van der Waals surface area contributed by atoms with Crippen LogP contribution in [-0.2, 0) is 9.47 Å². The maximum atomic E-state index is 5.58. The molecule has 8 heteroatoms. The minimum Gasteiger partial charge on any atom is -0.468 e. The highest BCUT2D eigenvalue weighted by molar-refractivity contribution is 6.01. The molecule has 30 heavy (non-hydrogen) atoms. The molecular weight excluding hydrogens is 382 g/mol. The molecule has 1 fully saturated rings. The fourth-order valence-electron chi connectivity index (χ4n) is 3.31. The summed E-state index contributed by atoms with van der Waals surface area (Å²) in [4.78, 5) is 20.9. The van der Waals surface area contributed by atoms with Gasteiger partial charge in [0.25, 0.3) is 0 Å². The van der Waals surface area contributed by atoms with Crippen molar-refractivity contribution in [3.63, 3.8) is 0 Å². The van der Waals surface area contributed by atoms with Crippen LogP contribution in [0.4, 0.5) is 5.82 Å². The number of benzene rings is 1. The van der Waals surface area contributed by atoms with Gasteiger partial charge in [-0.25, -0.2) is 15.0 Å². The van der Waals surface area contributed by atoms with Crippen LogP contribution in [0.2, 0.25) is 0 Å². The molecule has 156 valence electrons. The van der Waals surface area contributed by atoms with Crippen molar-refractivity contribution >= 4 is 22.6 Å². The number of anilines is 1. The minimum atomic E-state index is 0.184. The first kappa shape index (κ1) is 20.2. The zero-order valence-corrected chi connectivity index (χ0v) is 17.5.